The van der Waals surface area contributed by atoms with Crippen molar-refractivity contribution < 1.29 is 9.53 Å². The van der Waals surface area contributed by atoms with Crippen LogP contribution in [-0.2, 0) is 6.54 Å². The van der Waals surface area contributed by atoms with E-state index in [-0.39, 0.29) is 6.03 Å². The summed E-state index contributed by atoms with van der Waals surface area (Å²) in [6.45, 7) is 3.61. The van der Waals surface area contributed by atoms with Gasteiger partial charge in [0, 0.05) is 32.9 Å². The van der Waals surface area contributed by atoms with Crippen LogP contribution in [0.1, 0.15) is 18.4 Å². The lowest BCUT2D eigenvalue weighted by atomic mass is 10.3. The molecule has 0 aliphatic carbocycles. The van der Waals surface area contributed by atoms with Crippen LogP contribution in [0.25, 0.3) is 0 Å². The first-order chi connectivity index (χ1) is 12.7. The molecule has 6 heteroatoms. The molecule has 0 radical (unpaired) electrons. The number of urea groups is 1. The molecule has 1 fully saturated rings. The Bertz CT molecular complexity index is 685. The lowest BCUT2D eigenvalue weighted by molar-refractivity contribution is 0.195. The second-order valence-corrected chi connectivity index (χ2v) is 6.46. The lowest BCUT2D eigenvalue weighted by Gasteiger charge is -2.19. The zero-order valence-electron chi connectivity index (χ0n) is 15.2. The van der Waals surface area contributed by atoms with Gasteiger partial charge < -0.3 is 19.9 Å². The molecule has 0 spiro atoms. The summed E-state index contributed by atoms with van der Waals surface area (Å²) in [7, 11) is 1.76. The van der Waals surface area contributed by atoms with Crippen molar-refractivity contribution >= 4 is 11.8 Å². The van der Waals surface area contributed by atoms with Gasteiger partial charge in [0.1, 0.15) is 18.2 Å². The lowest BCUT2D eigenvalue weighted by Crippen LogP contribution is -2.39. The van der Waals surface area contributed by atoms with Crippen molar-refractivity contribution in [2.24, 2.45) is 0 Å². The fourth-order valence-electron chi connectivity index (χ4n) is 2.89. The largest absolute Gasteiger partial charge is 0.492 e. The molecule has 1 aromatic carbocycles. The van der Waals surface area contributed by atoms with Crippen LogP contribution in [0.4, 0.5) is 10.6 Å². The Morgan fingerprint density at radius 2 is 1.96 bits per heavy atom. The van der Waals surface area contributed by atoms with Crippen molar-refractivity contribution in [1.29, 1.82) is 0 Å². The molecule has 1 aliphatic heterocycles. The van der Waals surface area contributed by atoms with Gasteiger partial charge in [-0.2, -0.15) is 0 Å². The number of pyridine rings is 1. The van der Waals surface area contributed by atoms with Gasteiger partial charge in [-0.1, -0.05) is 24.3 Å². The predicted octanol–water partition coefficient (Wildman–Crippen LogP) is 2.90. The molecule has 2 heterocycles. The van der Waals surface area contributed by atoms with Crippen molar-refractivity contribution in [3.05, 3.63) is 54.2 Å². The van der Waals surface area contributed by atoms with Crippen molar-refractivity contribution in [2.75, 3.05) is 38.2 Å². The topological polar surface area (TPSA) is 57.7 Å². The Morgan fingerprint density at radius 1 is 1.19 bits per heavy atom. The number of hydrogen-bond donors (Lipinski definition) is 1. The predicted molar refractivity (Wildman–Crippen MR) is 102 cm³/mol. The van der Waals surface area contributed by atoms with E-state index in [2.05, 4.69) is 15.2 Å². The summed E-state index contributed by atoms with van der Waals surface area (Å²) in [5.41, 5.74) is 0.996. The quantitative estimate of drug-likeness (QED) is 0.831. The average molecular weight is 354 g/mol. The first-order valence-corrected chi connectivity index (χ1v) is 9.09. The first-order valence-electron chi connectivity index (χ1n) is 9.09. The second kappa shape index (κ2) is 9.08. The van der Waals surface area contributed by atoms with Gasteiger partial charge in [-0.15, -0.1) is 0 Å². The number of nitrogens with zero attached hydrogens (tertiary/aromatic N) is 3. The van der Waals surface area contributed by atoms with E-state index in [1.54, 1.807) is 11.9 Å². The Morgan fingerprint density at radius 3 is 2.65 bits per heavy atom. The van der Waals surface area contributed by atoms with Gasteiger partial charge in [0.05, 0.1) is 6.54 Å². The van der Waals surface area contributed by atoms with Gasteiger partial charge in [-0.25, -0.2) is 9.78 Å². The maximum atomic E-state index is 12.2. The number of amides is 2. The third-order valence-corrected chi connectivity index (χ3v) is 4.47. The average Bonchev–Trinajstić information content (AvgIpc) is 3.22. The molecule has 138 valence electrons. The van der Waals surface area contributed by atoms with E-state index in [1.807, 2.05) is 48.7 Å². The molecule has 1 N–H and O–H groups in total. The molecule has 1 saturated heterocycles. The van der Waals surface area contributed by atoms with E-state index in [1.165, 1.54) is 12.8 Å². The molecule has 0 unspecified atom stereocenters. The highest BCUT2D eigenvalue weighted by Crippen LogP contribution is 2.17. The molecular weight excluding hydrogens is 328 g/mol. The van der Waals surface area contributed by atoms with Crippen molar-refractivity contribution in [2.45, 2.75) is 19.4 Å². The zero-order valence-corrected chi connectivity index (χ0v) is 15.2. The number of likely N-dealkylation sites (N-methyl/N-ethyl adjacent to an activating group) is 1. The number of ether oxygens (including phenoxy) is 1. The zero-order chi connectivity index (χ0) is 18.2. The van der Waals surface area contributed by atoms with Gasteiger partial charge >= 0.3 is 6.03 Å². The van der Waals surface area contributed by atoms with Gasteiger partial charge in [-0.05, 0) is 36.6 Å². The second-order valence-electron chi connectivity index (χ2n) is 6.46. The Balaban J connectivity index is 1.38. The van der Waals surface area contributed by atoms with E-state index >= 15 is 0 Å². The number of rotatable bonds is 7. The van der Waals surface area contributed by atoms with Crippen molar-refractivity contribution in [3.63, 3.8) is 0 Å². The molecule has 2 amide bonds. The van der Waals surface area contributed by atoms with E-state index in [9.17, 15) is 4.79 Å². The maximum absolute atomic E-state index is 12.2. The smallest absolute Gasteiger partial charge is 0.317 e. The number of anilines is 1. The summed E-state index contributed by atoms with van der Waals surface area (Å²) in [5.74, 6) is 1.83. The monoisotopic (exact) mass is 354 g/mol. The van der Waals surface area contributed by atoms with Crippen LogP contribution >= 0.6 is 0 Å². The number of para-hydroxylation sites is 1. The van der Waals surface area contributed by atoms with E-state index in [0.29, 0.717) is 19.7 Å². The van der Waals surface area contributed by atoms with Crippen LogP contribution in [0.3, 0.4) is 0 Å². The number of aromatic nitrogens is 1. The van der Waals surface area contributed by atoms with E-state index in [0.717, 1.165) is 30.2 Å². The van der Waals surface area contributed by atoms with Crippen molar-refractivity contribution in [3.8, 4) is 5.75 Å². The number of carbonyl (C=O) groups is 1. The normalized spacial score (nSPS) is 13.5. The minimum Gasteiger partial charge on any atom is -0.492 e. The Hall–Kier alpha value is -2.76. The van der Waals surface area contributed by atoms with Crippen LogP contribution in [0.15, 0.2) is 48.7 Å². The number of benzene rings is 1. The van der Waals surface area contributed by atoms with Crippen LogP contribution in [0.2, 0.25) is 0 Å². The van der Waals surface area contributed by atoms with Gasteiger partial charge in [0.25, 0.3) is 0 Å². The Labute approximate surface area is 154 Å². The summed E-state index contributed by atoms with van der Waals surface area (Å²) < 4.78 is 5.62. The molecule has 1 aromatic heterocycles. The third kappa shape index (κ3) is 5.12. The fourth-order valence-corrected chi connectivity index (χ4v) is 2.89. The van der Waals surface area contributed by atoms with Gasteiger partial charge in [0.2, 0.25) is 0 Å². The highest BCUT2D eigenvalue weighted by atomic mass is 16.5. The summed E-state index contributed by atoms with van der Waals surface area (Å²) in [6.07, 6.45) is 4.31. The SMILES string of the molecule is CN(CCOc1ccccc1)C(=O)NCc1ccc(N2CCCC2)nc1. The standard InChI is InChI=1S/C20H26N4O2/c1-23(13-14-26-18-7-3-2-4-8-18)20(25)22-16-17-9-10-19(21-15-17)24-11-5-6-12-24/h2-4,7-10,15H,5-6,11-14,16H2,1H3,(H,22,25). The molecule has 6 nitrogen and oxygen atoms in total. The van der Waals surface area contributed by atoms with Crippen molar-refractivity contribution in [1.82, 2.24) is 15.2 Å². The molecule has 1 aliphatic rings. The third-order valence-electron chi connectivity index (χ3n) is 4.47. The first kappa shape index (κ1) is 18.0. The number of hydrogen-bond acceptors (Lipinski definition) is 4. The highest BCUT2D eigenvalue weighted by Gasteiger charge is 2.13. The van der Waals surface area contributed by atoms with E-state index in [4.69, 9.17) is 4.74 Å². The maximum Gasteiger partial charge on any atom is 0.317 e. The van der Waals surface area contributed by atoms with Crippen LogP contribution < -0.4 is 15.0 Å². The summed E-state index contributed by atoms with van der Waals surface area (Å²) in [4.78, 5) is 20.6. The molecule has 2 aromatic rings. The fraction of sp³-hybridized carbons (Fsp3) is 0.400. The molecule has 26 heavy (non-hydrogen) atoms. The summed E-state index contributed by atoms with van der Waals surface area (Å²) in [5, 5.41) is 2.91. The van der Waals surface area contributed by atoms with Crippen LogP contribution in [0, 0.1) is 0 Å². The molecule has 0 saturated carbocycles. The molecule has 0 atom stereocenters. The molecule has 3 rings (SSSR count). The minimum absolute atomic E-state index is 0.120. The Kier molecular flexibility index (Phi) is 6.30. The number of carbonyl (C=O) groups excluding carboxylic acids is 1. The van der Waals surface area contributed by atoms with Gasteiger partial charge in [-0.3, -0.25) is 0 Å². The molecular formula is C20H26N4O2. The number of nitrogens with one attached hydrogen (secondary N) is 1. The van der Waals surface area contributed by atoms with Crippen LogP contribution in [0.5, 0.6) is 5.75 Å². The van der Waals surface area contributed by atoms with Crippen LogP contribution in [-0.4, -0.2) is 49.2 Å². The summed E-state index contributed by atoms with van der Waals surface area (Å²) >= 11 is 0. The minimum atomic E-state index is -0.120. The van der Waals surface area contributed by atoms with E-state index < -0.39 is 0 Å². The highest BCUT2D eigenvalue weighted by molar-refractivity contribution is 5.73. The molecule has 0 bridgehead atoms. The van der Waals surface area contributed by atoms with Gasteiger partial charge in [0.15, 0.2) is 0 Å². The summed E-state index contributed by atoms with van der Waals surface area (Å²) in [6, 6.07) is 13.5.